The summed E-state index contributed by atoms with van der Waals surface area (Å²) in [4.78, 5) is 2.41. The molecule has 3 nitrogen and oxygen atoms in total. The normalized spacial score (nSPS) is 19.0. The zero-order chi connectivity index (χ0) is 13.5. The molecule has 0 saturated carbocycles. The van der Waals surface area contributed by atoms with Crippen molar-refractivity contribution in [3.8, 4) is 5.75 Å². The molecule has 0 spiro atoms. The maximum absolute atomic E-state index is 5.46. The molecule has 1 heterocycles. The molecular formula is C16H26N2O. The Labute approximate surface area is 116 Å². The molecule has 0 aliphatic carbocycles. The minimum absolute atomic E-state index is 0.731. The van der Waals surface area contributed by atoms with Crippen molar-refractivity contribution in [3.63, 3.8) is 0 Å². The lowest BCUT2D eigenvalue weighted by atomic mass is 10.0. The summed E-state index contributed by atoms with van der Waals surface area (Å²) in [5, 5.41) is 3.43. The van der Waals surface area contributed by atoms with Crippen LogP contribution in [-0.4, -0.2) is 38.2 Å². The zero-order valence-electron chi connectivity index (χ0n) is 12.2. The topological polar surface area (TPSA) is 24.5 Å². The van der Waals surface area contributed by atoms with E-state index in [-0.39, 0.29) is 0 Å². The Morgan fingerprint density at radius 1 is 1.32 bits per heavy atom. The van der Waals surface area contributed by atoms with Gasteiger partial charge in [0.25, 0.3) is 0 Å². The van der Waals surface area contributed by atoms with Gasteiger partial charge in [-0.25, -0.2) is 0 Å². The Bertz CT molecular complexity index is 358. The van der Waals surface area contributed by atoms with Gasteiger partial charge in [0.2, 0.25) is 0 Å². The first-order valence-electron chi connectivity index (χ1n) is 7.39. The van der Waals surface area contributed by atoms with Crippen molar-refractivity contribution in [2.45, 2.75) is 26.3 Å². The fourth-order valence-corrected chi connectivity index (χ4v) is 2.61. The fourth-order valence-electron chi connectivity index (χ4n) is 2.61. The fraction of sp³-hybridized carbons (Fsp3) is 0.625. The van der Waals surface area contributed by atoms with Crippen molar-refractivity contribution < 1.29 is 4.74 Å². The summed E-state index contributed by atoms with van der Waals surface area (Å²) >= 11 is 0. The highest BCUT2D eigenvalue weighted by Crippen LogP contribution is 2.15. The largest absolute Gasteiger partial charge is 0.494 e. The van der Waals surface area contributed by atoms with Crippen LogP contribution in [0.4, 0.5) is 0 Å². The Hall–Kier alpha value is -1.06. The maximum atomic E-state index is 5.46. The Morgan fingerprint density at radius 2 is 2.11 bits per heavy atom. The van der Waals surface area contributed by atoms with Crippen LogP contribution in [0.3, 0.4) is 0 Å². The molecule has 0 bridgehead atoms. The van der Waals surface area contributed by atoms with Crippen LogP contribution in [0, 0.1) is 5.92 Å². The van der Waals surface area contributed by atoms with E-state index in [9.17, 15) is 0 Å². The van der Waals surface area contributed by atoms with Crippen molar-refractivity contribution >= 4 is 0 Å². The number of hydrogen-bond donors (Lipinski definition) is 1. The van der Waals surface area contributed by atoms with Gasteiger partial charge in [0.1, 0.15) is 5.75 Å². The van der Waals surface area contributed by atoms with E-state index in [0.29, 0.717) is 0 Å². The van der Waals surface area contributed by atoms with E-state index in [2.05, 4.69) is 41.5 Å². The predicted octanol–water partition coefficient (Wildman–Crippen LogP) is 2.52. The molecule has 1 fully saturated rings. The van der Waals surface area contributed by atoms with E-state index >= 15 is 0 Å². The highest BCUT2D eigenvalue weighted by Gasteiger charge is 2.14. The number of nitrogens with one attached hydrogen (secondary N) is 1. The van der Waals surface area contributed by atoms with Gasteiger partial charge in [-0.15, -0.1) is 0 Å². The average molecular weight is 262 g/mol. The molecule has 1 aliphatic rings. The molecule has 1 unspecified atom stereocenters. The van der Waals surface area contributed by atoms with E-state index in [4.69, 9.17) is 4.74 Å². The van der Waals surface area contributed by atoms with Crippen molar-refractivity contribution in [2.75, 3.05) is 33.3 Å². The Balaban J connectivity index is 1.72. The van der Waals surface area contributed by atoms with Crippen molar-refractivity contribution in [1.82, 2.24) is 10.2 Å². The van der Waals surface area contributed by atoms with E-state index in [1.54, 1.807) is 0 Å². The maximum Gasteiger partial charge on any atom is 0.119 e. The van der Waals surface area contributed by atoms with Crippen molar-refractivity contribution in [2.24, 2.45) is 5.92 Å². The van der Waals surface area contributed by atoms with Gasteiger partial charge in [0.05, 0.1) is 6.61 Å². The molecule has 19 heavy (non-hydrogen) atoms. The second-order valence-corrected chi connectivity index (χ2v) is 5.46. The summed E-state index contributed by atoms with van der Waals surface area (Å²) in [6.07, 6.45) is 2.65. The lowest BCUT2D eigenvalue weighted by Gasteiger charge is -2.19. The monoisotopic (exact) mass is 262 g/mol. The average Bonchev–Trinajstić information content (AvgIpc) is 2.92. The van der Waals surface area contributed by atoms with E-state index in [0.717, 1.165) is 24.8 Å². The quantitative estimate of drug-likeness (QED) is 0.817. The third-order valence-corrected chi connectivity index (χ3v) is 3.77. The molecule has 2 rings (SSSR count). The van der Waals surface area contributed by atoms with Gasteiger partial charge in [-0.05, 0) is 70.1 Å². The van der Waals surface area contributed by atoms with Gasteiger partial charge in [0, 0.05) is 6.54 Å². The molecule has 1 saturated heterocycles. The molecule has 1 aromatic rings. The summed E-state index contributed by atoms with van der Waals surface area (Å²) in [6.45, 7) is 7.35. The molecule has 0 amide bonds. The third kappa shape index (κ3) is 4.84. The van der Waals surface area contributed by atoms with Crippen molar-refractivity contribution in [1.29, 1.82) is 0 Å². The van der Waals surface area contributed by atoms with Crippen LogP contribution in [-0.2, 0) is 6.54 Å². The van der Waals surface area contributed by atoms with Crippen LogP contribution < -0.4 is 10.1 Å². The van der Waals surface area contributed by atoms with Crippen LogP contribution in [0.2, 0.25) is 0 Å². The first-order valence-corrected chi connectivity index (χ1v) is 7.39. The second-order valence-electron chi connectivity index (χ2n) is 5.46. The summed E-state index contributed by atoms with van der Waals surface area (Å²) in [6, 6.07) is 8.46. The molecule has 1 atom stereocenters. The molecule has 0 radical (unpaired) electrons. The van der Waals surface area contributed by atoms with Crippen molar-refractivity contribution in [3.05, 3.63) is 29.8 Å². The first kappa shape index (κ1) is 14.4. The predicted molar refractivity (Wildman–Crippen MR) is 79.5 cm³/mol. The van der Waals surface area contributed by atoms with Crippen LogP contribution in [0.25, 0.3) is 0 Å². The molecule has 1 aliphatic heterocycles. The summed E-state index contributed by atoms with van der Waals surface area (Å²) in [7, 11) is 2.21. The number of nitrogens with zero attached hydrogens (tertiary/aromatic N) is 1. The van der Waals surface area contributed by atoms with Gasteiger partial charge < -0.3 is 15.0 Å². The van der Waals surface area contributed by atoms with Gasteiger partial charge in [-0.2, -0.15) is 0 Å². The lowest BCUT2D eigenvalue weighted by molar-refractivity contribution is 0.297. The third-order valence-electron chi connectivity index (χ3n) is 3.77. The molecule has 1 N–H and O–H groups in total. The highest BCUT2D eigenvalue weighted by atomic mass is 16.5. The number of benzene rings is 1. The number of ether oxygens (including phenoxy) is 1. The van der Waals surface area contributed by atoms with Crippen LogP contribution in [0.15, 0.2) is 24.3 Å². The van der Waals surface area contributed by atoms with E-state index in [1.807, 2.05) is 6.92 Å². The summed E-state index contributed by atoms with van der Waals surface area (Å²) < 4.78 is 5.46. The zero-order valence-corrected chi connectivity index (χ0v) is 12.2. The van der Waals surface area contributed by atoms with E-state index in [1.165, 1.54) is 38.0 Å². The molecule has 106 valence electrons. The molecular weight excluding hydrogens is 236 g/mol. The van der Waals surface area contributed by atoms with Crippen LogP contribution in [0.5, 0.6) is 5.75 Å². The Morgan fingerprint density at radius 3 is 2.74 bits per heavy atom. The Kier molecular flexibility index (Phi) is 5.67. The minimum atomic E-state index is 0.731. The number of hydrogen-bond acceptors (Lipinski definition) is 3. The SMILES string of the molecule is CCOc1ccc(CN(C)CCC2CCNC2)cc1. The molecule has 0 aromatic heterocycles. The van der Waals surface area contributed by atoms with E-state index < -0.39 is 0 Å². The lowest BCUT2D eigenvalue weighted by Crippen LogP contribution is -2.22. The highest BCUT2D eigenvalue weighted by molar-refractivity contribution is 5.27. The van der Waals surface area contributed by atoms with Gasteiger partial charge in [-0.1, -0.05) is 12.1 Å². The summed E-state index contributed by atoms with van der Waals surface area (Å²) in [5.41, 5.74) is 1.36. The van der Waals surface area contributed by atoms with Gasteiger partial charge in [0.15, 0.2) is 0 Å². The van der Waals surface area contributed by atoms with Crippen LogP contribution in [0.1, 0.15) is 25.3 Å². The molecule has 1 aromatic carbocycles. The molecule has 3 heteroatoms. The van der Waals surface area contributed by atoms with Gasteiger partial charge >= 0.3 is 0 Å². The smallest absolute Gasteiger partial charge is 0.119 e. The second kappa shape index (κ2) is 7.51. The van der Waals surface area contributed by atoms with Crippen LogP contribution >= 0.6 is 0 Å². The summed E-state index contributed by atoms with van der Waals surface area (Å²) in [5.74, 6) is 1.84. The standard InChI is InChI=1S/C16H26N2O/c1-3-19-16-6-4-15(5-7-16)13-18(2)11-9-14-8-10-17-12-14/h4-7,14,17H,3,8-13H2,1-2H3. The minimum Gasteiger partial charge on any atom is -0.494 e. The van der Waals surface area contributed by atoms with Gasteiger partial charge in [-0.3, -0.25) is 0 Å². The first-order chi connectivity index (χ1) is 9.28. The number of rotatable bonds is 7.